The number of anilines is 1. The van der Waals surface area contributed by atoms with E-state index in [1.165, 1.54) is 18.4 Å². The SMILES string of the molecule is COC(=O)c1c(NC(=O)[C@H]2C3CCC(CC3)[C@@H]2C(=O)O)sc2c1CCCCC2. The maximum Gasteiger partial charge on any atom is 0.341 e. The van der Waals surface area contributed by atoms with Crippen molar-refractivity contribution >= 4 is 34.2 Å². The lowest BCUT2D eigenvalue weighted by Crippen LogP contribution is -2.49. The summed E-state index contributed by atoms with van der Waals surface area (Å²) >= 11 is 1.46. The highest BCUT2D eigenvalue weighted by Crippen LogP contribution is 2.49. The second kappa shape index (κ2) is 7.85. The third kappa shape index (κ3) is 3.34. The van der Waals surface area contributed by atoms with Crippen LogP contribution >= 0.6 is 11.3 Å². The first kappa shape index (κ1) is 19.4. The molecule has 4 aliphatic rings. The molecule has 0 unspecified atom stereocenters. The molecule has 3 fully saturated rings. The standard InChI is InChI=1S/C21H27NO5S/c1-27-21(26)17-13-5-3-2-4-6-14(13)28-19(17)22-18(23)15-11-7-9-12(10-8-11)16(15)20(24)25/h11-12,15-16H,2-10H2,1H3,(H,22,23)(H,24,25)/t11?,12?,15-,16-/m0/s1. The van der Waals surface area contributed by atoms with Gasteiger partial charge in [0.15, 0.2) is 0 Å². The number of ether oxygens (including phenoxy) is 1. The Hall–Kier alpha value is -1.89. The summed E-state index contributed by atoms with van der Waals surface area (Å²) in [6.45, 7) is 0. The van der Waals surface area contributed by atoms with Crippen molar-refractivity contribution in [2.75, 3.05) is 12.4 Å². The molecule has 5 rings (SSSR count). The van der Waals surface area contributed by atoms with Crippen LogP contribution < -0.4 is 5.32 Å². The third-order valence-corrected chi connectivity index (χ3v) is 8.06. The highest BCUT2D eigenvalue weighted by atomic mass is 32.1. The van der Waals surface area contributed by atoms with Crippen molar-refractivity contribution in [1.29, 1.82) is 0 Å². The Morgan fingerprint density at radius 1 is 1.00 bits per heavy atom. The predicted octanol–water partition coefficient (Wildman–Crippen LogP) is 3.88. The molecule has 1 aromatic heterocycles. The number of carbonyl (C=O) groups excluding carboxylic acids is 2. The van der Waals surface area contributed by atoms with Gasteiger partial charge in [0.2, 0.25) is 5.91 Å². The monoisotopic (exact) mass is 405 g/mol. The number of carboxylic acid groups (broad SMARTS) is 1. The van der Waals surface area contributed by atoms with Gasteiger partial charge in [0.1, 0.15) is 5.00 Å². The van der Waals surface area contributed by atoms with E-state index in [9.17, 15) is 19.5 Å². The van der Waals surface area contributed by atoms with Crippen LogP contribution in [0.2, 0.25) is 0 Å². The number of aryl methyl sites for hydroxylation is 1. The molecule has 2 bridgehead atoms. The second-order valence-electron chi connectivity index (χ2n) is 8.31. The Morgan fingerprint density at radius 2 is 1.64 bits per heavy atom. The molecule has 4 aliphatic carbocycles. The number of esters is 1. The summed E-state index contributed by atoms with van der Waals surface area (Å²) in [4.78, 5) is 38.7. The molecule has 28 heavy (non-hydrogen) atoms. The van der Waals surface area contributed by atoms with Crippen LogP contribution in [0.4, 0.5) is 5.00 Å². The van der Waals surface area contributed by atoms with Crippen LogP contribution in [0.25, 0.3) is 0 Å². The number of carboxylic acids is 1. The Labute approximate surface area is 168 Å². The minimum Gasteiger partial charge on any atom is -0.481 e. The zero-order valence-electron chi connectivity index (χ0n) is 16.2. The molecule has 2 N–H and O–H groups in total. The number of aliphatic carboxylic acids is 1. The number of rotatable bonds is 4. The first-order valence-electron chi connectivity index (χ1n) is 10.3. The van der Waals surface area contributed by atoms with Crippen LogP contribution in [0, 0.1) is 23.7 Å². The first-order valence-corrected chi connectivity index (χ1v) is 11.1. The Balaban J connectivity index is 1.64. The van der Waals surface area contributed by atoms with Gasteiger partial charge in [-0.3, -0.25) is 9.59 Å². The average molecular weight is 406 g/mol. The third-order valence-electron chi connectivity index (χ3n) is 6.85. The average Bonchev–Trinajstić information content (AvgIpc) is 2.87. The van der Waals surface area contributed by atoms with Gasteiger partial charge in [-0.15, -0.1) is 11.3 Å². The van der Waals surface area contributed by atoms with Gasteiger partial charge in [-0.1, -0.05) is 6.42 Å². The number of methoxy groups -OCH3 is 1. The summed E-state index contributed by atoms with van der Waals surface area (Å²) < 4.78 is 5.00. The first-order chi connectivity index (χ1) is 13.5. The van der Waals surface area contributed by atoms with Gasteiger partial charge in [-0.2, -0.15) is 0 Å². The molecular formula is C21H27NO5S. The highest BCUT2D eigenvalue weighted by Gasteiger charge is 2.50. The predicted molar refractivity (Wildman–Crippen MR) is 106 cm³/mol. The van der Waals surface area contributed by atoms with Gasteiger partial charge in [-0.05, 0) is 68.8 Å². The normalized spacial score (nSPS) is 28.9. The van der Waals surface area contributed by atoms with E-state index >= 15 is 0 Å². The van der Waals surface area contributed by atoms with Crippen LogP contribution in [0.1, 0.15) is 65.7 Å². The summed E-state index contributed by atoms with van der Waals surface area (Å²) in [6, 6.07) is 0. The number of hydrogen-bond donors (Lipinski definition) is 2. The zero-order valence-corrected chi connectivity index (χ0v) is 17.0. The van der Waals surface area contributed by atoms with Gasteiger partial charge < -0.3 is 15.2 Å². The van der Waals surface area contributed by atoms with E-state index in [0.717, 1.165) is 68.2 Å². The fourth-order valence-corrected chi connectivity index (χ4v) is 6.81. The van der Waals surface area contributed by atoms with E-state index < -0.39 is 23.8 Å². The van der Waals surface area contributed by atoms with Crippen LogP contribution in [-0.4, -0.2) is 30.1 Å². The number of amides is 1. The Morgan fingerprint density at radius 3 is 2.29 bits per heavy atom. The Kier molecular flexibility index (Phi) is 5.45. The molecule has 6 nitrogen and oxygen atoms in total. The summed E-state index contributed by atoms with van der Waals surface area (Å²) in [7, 11) is 1.36. The molecule has 0 aliphatic heterocycles. The van der Waals surface area contributed by atoms with E-state index in [0.29, 0.717) is 10.6 Å². The van der Waals surface area contributed by atoms with E-state index in [-0.39, 0.29) is 17.7 Å². The molecule has 7 heteroatoms. The maximum atomic E-state index is 13.2. The molecule has 152 valence electrons. The number of fused-ring (bicyclic) bond motifs is 4. The molecule has 0 spiro atoms. The van der Waals surface area contributed by atoms with E-state index in [2.05, 4.69) is 5.32 Å². The van der Waals surface area contributed by atoms with E-state index in [4.69, 9.17) is 4.74 Å². The molecule has 0 saturated heterocycles. The Bertz CT molecular complexity index is 793. The van der Waals surface area contributed by atoms with Crippen LogP contribution in [0.15, 0.2) is 0 Å². The van der Waals surface area contributed by atoms with Crippen molar-refractivity contribution in [2.45, 2.75) is 57.8 Å². The summed E-state index contributed by atoms with van der Waals surface area (Å²) in [5, 5.41) is 13.2. The lowest BCUT2D eigenvalue weighted by molar-refractivity contribution is -0.156. The van der Waals surface area contributed by atoms with Gasteiger partial charge in [-0.25, -0.2) is 4.79 Å². The molecule has 0 aromatic carbocycles. The van der Waals surface area contributed by atoms with Crippen molar-refractivity contribution in [1.82, 2.24) is 0 Å². The fourth-order valence-electron chi connectivity index (χ4n) is 5.53. The molecule has 1 heterocycles. The molecule has 2 atom stereocenters. The highest BCUT2D eigenvalue weighted by molar-refractivity contribution is 7.17. The summed E-state index contributed by atoms with van der Waals surface area (Å²) in [6.07, 6.45) is 8.58. The van der Waals surface area contributed by atoms with E-state index in [1.54, 1.807) is 0 Å². The summed E-state index contributed by atoms with van der Waals surface area (Å²) in [5.74, 6) is -2.48. The number of hydrogen-bond acceptors (Lipinski definition) is 5. The number of thiophene rings is 1. The van der Waals surface area contributed by atoms with Crippen molar-refractivity contribution in [3.8, 4) is 0 Å². The van der Waals surface area contributed by atoms with Crippen molar-refractivity contribution in [3.05, 3.63) is 16.0 Å². The number of nitrogens with one attached hydrogen (secondary N) is 1. The van der Waals surface area contributed by atoms with Crippen LogP contribution in [-0.2, 0) is 27.2 Å². The van der Waals surface area contributed by atoms with Crippen LogP contribution in [0.3, 0.4) is 0 Å². The smallest absolute Gasteiger partial charge is 0.341 e. The lowest BCUT2D eigenvalue weighted by atomic mass is 9.58. The molecule has 1 aromatic rings. The molecular weight excluding hydrogens is 378 g/mol. The fraction of sp³-hybridized carbons (Fsp3) is 0.667. The van der Waals surface area contributed by atoms with E-state index in [1.807, 2.05) is 0 Å². The van der Waals surface area contributed by atoms with Crippen LogP contribution in [0.5, 0.6) is 0 Å². The van der Waals surface area contributed by atoms with Gasteiger partial charge >= 0.3 is 11.9 Å². The molecule has 3 saturated carbocycles. The minimum atomic E-state index is -0.871. The largest absolute Gasteiger partial charge is 0.481 e. The zero-order chi connectivity index (χ0) is 19.8. The quantitative estimate of drug-likeness (QED) is 0.586. The second-order valence-corrected chi connectivity index (χ2v) is 9.42. The minimum absolute atomic E-state index is 0.0818. The van der Waals surface area contributed by atoms with Crippen molar-refractivity contribution < 1.29 is 24.2 Å². The number of carbonyl (C=O) groups is 3. The van der Waals surface area contributed by atoms with Crippen molar-refractivity contribution in [2.24, 2.45) is 23.7 Å². The van der Waals surface area contributed by atoms with Gasteiger partial charge in [0, 0.05) is 4.88 Å². The maximum absolute atomic E-state index is 13.2. The van der Waals surface area contributed by atoms with Gasteiger partial charge in [0.05, 0.1) is 24.5 Å². The summed E-state index contributed by atoms with van der Waals surface area (Å²) in [5.41, 5.74) is 1.48. The lowest BCUT2D eigenvalue weighted by Gasteiger charge is -2.45. The molecule has 0 radical (unpaired) electrons. The van der Waals surface area contributed by atoms with Crippen molar-refractivity contribution in [3.63, 3.8) is 0 Å². The van der Waals surface area contributed by atoms with Gasteiger partial charge in [0.25, 0.3) is 0 Å². The topological polar surface area (TPSA) is 92.7 Å². The molecule has 1 amide bonds.